The van der Waals surface area contributed by atoms with Crippen molar-refractivity contribution in [2.45, 2.75) is 6.42 Å². The molecule has 3 rings (SSSR count). The lowest BCUT2D eigenvalue weighted by molar-refractivity contribution is -0.899. The Morgan fingerprint density at radius 3 is 2.91 bits per heavy atom. The summed E-state index contributed by atoms with van der Waals surface area (Å²) in [6.45, 7) is 3.53. The van der Waals surface area contributed by atoms with Gasteiger partial charge in [0.25, 0.3) is 5.91 Å². The molecule has 1 aromatic heterocycles. The Hall–Kier alpha value is -1.83. The quantitative estimate of drug-likeness (QED) is 0.846. The fraction of sp³-hybridized carbons (Fsp3) is 0.375. The number of ether oxygens (including phenoxy) is 1. The van der Waals surface area contributed by atoms with Crippen LogP contribution in [-0.4, -0.2) is 43.7 Å². The summed E-state index contributed by atoms with van der Waals surface area (Å²) in [6.07, 6.45) is 2.17. The molecule has 23 heavy (non-hydrogen) atoms. The molecule has 5 nitrogen and oxygen atoms in total. The van der Waals surface area contributed by atoms with Crippen LogP contribution in [0.3, 0.4) is 0 Å². The first-order chi connectivity index (χ1) is 11.2. The first-order valence-electron chi connectivity index (χ1n) is 7.60. The molecule has 2 aromatic rings. The number of hydrogen-bond donors (Lipinski definition) is 2. The van der Waals surface area contributed by atoms with Crippen LogP contribution in [0.4, 0.5) is 9.52 Å². The Labute approximate surface area is 138 Å². The zero-order valence-electron chi connectivity index (χ0n) is 12.7. The van der Waals surface area contributed by atoms with E-state index in [4.69, 9.17) is 4.74 Å². The molecule has 0 spiro atoms. The fourth-order valence-electron chi connectivity index (χ4n) is 2.50. The molecule has 0 saturated carbocycles. The van der Waals surface area contributed by atoms with Crippen molar-refractivity contribution >= 4 is 22.4 Å². The van der Waals surface area contributed by atoms with Gasteiger partial charge in [-0.1, -0.05) is 18.2 Å². The third-order valence-electron chi connectivity index (χ3n) is 3.73. The molecule has 0 radical (unpaired) electrons. The van der Waals surface area contributed by atoms with Crippen molar-refractivity contribution in [3.05, 3.63) is 46.7 Å². The highest BCUT2D eigenvalue weighted by molar-refractivity contribution is 7.15. The van der Waals surface area contributed by atoms with Crippen molar-refractivity contribution in [3.8, 4) is 0 Å². The van der Waals surface area contributed by atoms with Crippen LogP contribution >= 0.6 is 11.3 Å². The van der Waals surface area contributed by atoms with Crippen LogP contribution in [0.5, 0.6) is 0 Å². The maximum absolute atomic E-state index is 13.7. The number of quaternary nitrogens is 1. The van der Waals surface area contributed by atoms with Crippen LogP contribution in [0.25, 0.3) is 0 Å². The number of aromatic nitrogens is 1. The monoisotopic (exact) mass is 336 g/mol. The first kappa shape index (κ1) is 16.0. The summed E-state index contributed by atoms with van der Waals surface area (Å²) in [6, 6.07) is 6.69. The Bertz CT molecular complexity index is 671. The van der Waals surface area contributed by atoms with Crippen molar-refractivity contribution in [1.82, 2.24) is 4.98 Å². The second-order valence-electron chi connectivity index (χ2n) is 5.49. The van der Waals surface area contributed by atoms with E-state index >= 15 is 0 Å². The van der Waals surface area contributed by atoms with Crippen molar-refractivity contribution in [2.75, 3.05) is 38.2 Å². The van der Waals surface area contributed by atoms with Gasteiger partial charge in [0, 0.05) is 17.5 Å². The third-order valence-corrected chi connectivity index (χ3v) is 4.65. The molecular weight excluding hydrogens is 317 g/mol. The molecule has 1 amide bonds. The average Bonchev–Trinajstić information content (AvgIpc) is 2.97. The Kier molecular flexibility index (Phi) is 5.32. The van der Waals surface area contributed by atoms with Gasteiger partial charge >= 0.3 is 0 Å². The highest BCUT2D eigenvalue weighted by Crippen LogP contribution is 2.22. The summed E-state index contributed by atoms with van der Waals surface area (Å²) >= 11 is 1.38. The van der Waals surface area contributed by atoms with Gasteiger partial charge in [0.15, 0.2) is 11.7 Å². The molecule has 122 valence electrons. The minimum absolute atomic E-state index is 0.0475. The van der Waals surface area contributed by atoms with E-state index < -0.39 is 0 Å². The SMILES string of the molecule is O=C(C[NH+]1CCOCC1)Nc1ncc(Cc2ccccc2F)s1. The number of thiazole rings is 1. The number of benzene rings is 1. The van der Waals surface area contributed by atoms with Crippen molar-refractivity contribution in [3.63, 3.8) is 0 Å². The lowest BCUT2D eigenvalue weighted by Gasteiger charge is -2.22. The Balaban J connectivity index is 1.54. The molecule has 2 N–H and O–H groups in total. The number of amides is 1. The largest absolute Gasteiger partial charge is 0.370 e. The summed E-state index contributed by atoms with van der Waals surface area (Å²) in [5.74, 6) is -0.268. The molecule has 0 atom stereocenters. The molecule has 1 aliphatic rings. The third kappa shape index (κ3) is 4.57. The summed E-state index contributed by atoms with van der Waals surface area (Å²) in [5, 5.41) is 3.39. The zero-order valence-corrected chi connectivity index (χ0v) is 13.5. The lowest BCUT2D eigenvalue weighted by atomic mass is 10.1. The first-order valence-corrected chi connectivity index (χ1v) is 8.41. The Morgan fingerprint density at radius 1 is 1.35 bits per heavy atom. The number of hydrogen-bond acceptors (Lipinski definition) is 4. The van der Waals surface area contributed by atoms with Gasteiger partial charge in [0.05, 0.1) is 13.2 Å². The number of rotatable bonds is 5. The maximum atomic E-state index is 13.7. The van der Waals surface area contributed by atoms with Crippen LogP contribution in [-0.2, 0) is 16.0 Å². The van der Waals surface area contributed by atoms with Crippen molar-refractivity contribution in [1.29, 1.82) is 0 Å². The summed E-state index contributed by atoms with van der Waals surface area (Å²) in [4.78, 5) is 18.4. The number of nitrogens with one attached hydrogen (secondary N) is 2. The van der Waals surface area contributed by atoms with Gasteiger partial charge in [-0.25, -0.2) is 9.37 Å². The molecule has 7 heteroatoms. The summed E-state index contributed by atoms with van der Waals surface area (Å²) in [7, 11) is 0. The number of morpholine rings is 1. The fourth-order valence-corrected chi connectivity index (χ4v) is 3.36. The molecule has 2 heterocycles. The van der Waals surface area contributed by atoms with Crippen LogP contribution < -0.4 is 10.2 Å². The van der Waals surface area contributed by atoms with Crippen molar-refractivity contribution < 1.29 is 18.8 Å². The van der Waals surface area contributed by atoms with Gasteiger partial charge < -0.3 is 9.64 Å². The van der Waals surface area contributed by atoms with E-state index in [-0.39, 0.29) is 11.7 Å². The normalized spacial score (nSPS) is 15.5. The van der Waals surface area contributed by atoms with E-state index in [0.717, 1.165) is 18.0 Å². The summed E-state index contributed by atoms with van der Waals surface area (Å²) < 4.78 is 18.9. The van der Waals surface area contributed by atoms with E-state index in [1.807, 2.05) is 6.07 Å². The van der Waals surface area contributed by atoms with Crippen LogP contribution in [0.2, 0.25) is 0 Å². The molecule has 1 fully saturated rings. The van der Waals surface area contributed by atoms with Gasteiger partial charge in [0.1, 0.15) is 18.9 Å². The summed E-state index contributed by atoms with van der Waals surface area (Å²) in [5.41, 5.74) is 0.631. The second-order valence-corrected chi connectivity index (χ2v) is 6.60. The molecule has 0 aliphatic carbocycles. The topological polar surface area (TPSA) is 55.7 Å². The predicted molar refractivity (Wildman–Crippen MR) is 86.3 cm³/mol. The van der Waals surface area contributed by atoms with Gasteiger partial charge in [-0.05, 0) is 11.6 Å². The van der Waals surface area contributed by atoms with E-state index in [9.17, 15) is 9.18 Å². The lowest BCUT2D eigenvalue weighted by Crippen LogP contribution is -3.15. The Morgan fingerprint density at radius 2 is 2.13 bits per heavy atom. The second kappa shape index (κ2) is 7.63. The predicted octanol–water partition coefficient (Wildman–Crippen LogP) is 0.727. The molecule has 1 aliphatic heterocycles. The van der Waals surface area contributed by atoms with E-state index in [0.29, 0.717) is 36.9 Å². The zero-order chi connectivity index (χ0) is 16.1. The minimum Gasteiger partial charge on any atom is -0.370 e. The molecular formula is C16H19FN3O2S+. The standard InChI is InChI=1S/C16H18FN3O2S/c17-14-4-2-1-3-12(14)9-13-10-18-16(23-13)19-15(21)11-20-5-7-22-8-6-20/h1-4,10H,5-9,11H2,(H,18,19,21)/p+1. The van der Waals surface area contributed by atoms with Crippen LogP contribution in [0.15, 0.2) is 30.5 Å². The molecule has 1 saturated heterocycles. The van der Waals surface area contributed by atoms with Crippen molar-refractivity contribution in [2.24, 2.45) is 0 Å². The van der Waals surface area contributed by atoms with Gasteiger partial charge in [0.2, 0.25) is 0 Å². The number of anilines is 1. The van der Waals surface area contributed by atoms with E-state index in [1.54, 1.807) is 18.3 Å². The minimum atomic E-state index is -0.220. The number of halogens is 1. The molecule has 0 bridgehead atoms. The van der Waals surface area contributed by atoms with E-state index in [2.05, 4.69) is 10.3 Å². The smallest absolute Gasteiger partial charge is 0.281 e. The maximum Gasteiger partial charge on any atom is 0.281 e. The van der Waals surface area contributed by atoms with Gasteiger partial charge in [-0.15, -0.1) is 11.3 Å². The molecule has 1 aromatic carbocycles. The highest BCUT2D eigenvalue weighted by Gasteiger charge is 2.18. The van der Waals surface area contributed by atoms with Crippen LogP contribution in [0, 0.1) is 5.82 Å². The number of carbonyl (C=O) groups is 1. The van der Waals surface area contributed by atoms with Crippen LogP contribution in [0.1, 0.15) is 10.4 Å². The van der Waals surface area contributed by atoms with E-state index in [1.165, 1.54) is 22.3 Å². The highest BCUT2D eigenvalue weighted by atomic mass is 32.1. The molecule has 0 unspecified atom stereocenters. The van der Waals surface area contributed by atoms with Gasteiger partial charge in [-0.3, -0.25) is 10.1 Å². The van der Waals surface area contributed by atoms with Gasteiger partial charge in [-0.2, -0.15) is 0 Å². The average molecular weight is 336 g/mol. The number of carbonyl (C=O) groups excluding carboxylic acids is 1. The number of nitrogens with zero attached hydrogens (tertiary/aromatic N) is 1.